The second-order valence-electron chi connectivity index (χ2n) is 4.71. The number of fused-ring (bicyclic) bond motifs is 2. The molecule has 1 fully saturated rings. The Hall–Kier alpha value is -2.11. The van der Waals surface area contributed by atoms with E-state index in [1.807, 2.05) is 12.2 Å². The first-order valence-electron chi connectivity index (χ1n) is 5.79. The topological polar surface area (TPSA) is 92.4 Å². The second kappa shape index (κ2) is 3.97. The van der Waals surface area contributed by atoms with Gasteiger partial charge in [-0.25, -0.2) is 0 Å². The van der Waals surface area contributed by atoms with E-state index in [9.17, 15) is 14.7 Å². The summed E-state index contributed by atoms with van der Waals surface area (Å²) in [5, 5.41) is 15.4. The van der Waals surface area contributed by atoms with Crippen molar-refractivity contribution in [2.75, 3.05) is 5.32 Å². The molecule has 3 rings (SSSR count). The van der Waals surface area contributed by atoms with Gasteiger partial charge in [0.2, 0.25) is 5.91 Å². The van der Waals surface area contributed by atoms with Crippen LogP contribution in [0.5, 0.6) is 0 Å². The highest BCUT2D eigenvalue weighted by molar-refractivity contribution is 5.95. The van der Waals surface area contributed by atoms with E-state index >= 15 is 0 Å². The number of rotatable bonds is 3. The molecule has 0 aromatic carbocycles. The molecule has 2 N–H and O–H groups in total. The molecule has 0 spiro atoms. The van der Waals surface area contributed by atoms with Crippen molar-refractivity contribution in [1.29, 1.82) is 0 Å². The minimum Gasteiger partial charge on any atom is -0.481 e. The summed E-state index contributed by atoms with van der Waals surface area (Å²) in [5.74, 6) is -2.05. The molecular weight excluding hydrogens is 236 g/mol. The van der Waals surface area contributed by atoms with Gasteiger partial charge in [0.1, 0.15) is 6.26 Å². The SMILES string of the molecule is O=C(O)C1C2C=CC(C2)C1C(=O)Nc1ccon1. The molecule has 2 aliphatic rings. The summed E-state index contributed by atoms with van der Waals surface area (Å²) in [7, 11) is 0. The van der Waals surface area contributed by atoms with Gasteiger partial charge in [-0.15, -0.1) is 0 Å². The zero-order valence-electron chi connectivity index (χ0n) is 9.45. The maximum Gasteiger partial charge on any atom is 0.307 e. The number of amides is 1. The molecule has 0 saturated heterocycles. The molecule has 1 heterocycles. The van der Waals surface area contributed by atoms with Crippen molar-refractivity contribution in [1.82, 2.24) is 5.16 Å². The van der Waals surface area contributed by atoms with E-state index in [0.717, 1.165) is 6.42 Å². The quantitative estimate of drug-likeness (QED) is 0.782. The minimum absolute atomic E-state index is 0.0167. The molecule has 18 heavy (non-hydrogen) atoms. The van der Waals surface area contributed by atoms with E-state index < -0.39 is 17.8 Å². The van der Waals surface area contributed by atoms with E-state index in [-0.39, 0.29) is 17.7 Å². The van der Waals surface area contributed by atoms with Crippen molar-refractivity contribution >= 4 is 17.7 Å². The Bertz CT molecular complexity index is 508. The Balaban J connectivity index is 1.80. The molecule has 0 aliphatic heterocycles. The van der Waals surface area contributed by atoms with E-state index in [1.165, 1.54) is 12.3 Å². The van der Waals surface area contributed by atoms with Gasteiger partial charge in [0.05, 0.1) is 11.8 Å². The number of hydrogen-bond donors (Lipinski definition) is 2. The van der Waals surface area contributed by atoms with Gasteiger partial charge in [0.25, 0.3) is 0 Å². The minimum atomic E-state index is -0.910. The number of nitrogens with zero attached hydrogens (tertiary/aromatic N) is 1. The van der Waals surface area contributed by atoms with Crippen LogP contribution in [0.1, 0.15) is 6.42 Å². The first-order chi connectivity index (χ1) is 8.66. The molecule has 2 aliphatic carbocycles. The fraction of sp³-hybridized carbons (Fsp3) is 0.417. The van der Waals surface area contributed by atoms with Crippen LogP contribution < -0.4 is 5.32 Å². The van der Waals surface area contributed by atoms with Crippen molar-refractivity contribution in [3.05, 3.63) is 24.5 Å². The monoisotopic (exact) mass is 248 g/mol. The van der Waals surface area contributed by atoms with Gasteiger partial charge in [-0.1, -0.05) is 17.3 Å². The number of aliphatic carboxylic acids is 1. The number of allylic oxidation sites excluding steroid dienone is 2. The smallest absolute Gasteiger partial charge is 0.307 e. The highest BCUT2D eigenvalue weighted by Gasteiger charge is 2.51. The predicted octanol–water partition coefficient (Wildman–Crippen LogP) is 1.14. The maximum absolute atomic E-state index is 12.1. The zero-order valence-corrected chi connectivity index (χ0v) is 9.45. The van der Waals surface area contributed by atoms with Crippen LogP contribution >= 0.6 is 0 Å². The largest absolute Gasteiger partial charge is 0.481 e. The van der Waals surface area contributed by atoms with E-state index in [4.69, 9.17) is 0 Å². The van der Waals surface area contributed by atoms with Crippen LogP contribution in [-0.2, 0) is 9.59 Å². The Morgan fingerprint density at radius 3 is 2.67 bits per heavy atom. The number of aromatic nitrogens is 1. The molecule has 1 aromatic heterocycles. The third kappa shape index (κ3) is 1.61. The van der Waals surface area contributed by atoms with Gasteiger partial charge in [-0.2, -0.15) is 0 Å². The van der Waals surface area contributed by atoms with Crippen molar-refractivity contribution in [3.8, 4) is 0 Å². The number of carbonyl (C=O) groups excluding carboxylic acids is 1. The third-order valence-electron chi connectivity index (χ3n) is 3.74. The van der Waals surface area contributed by atoms with Gasteiger partial charge in [0.15, 0.2) is 5.82 Å². The average molecular weight is 248 g/mol. The molecule has 6 nitrogen and oxygen atoms in total. The van der Waals surface area contributed by atoms with Crippen LogP contribution in [-0.4, -0.2) is 22.1 Å². The molecule has 1 saturated carbocycles. The molecule has 4 atom stereocenters. The summed E-state index contributed by atoms with van der Waals surface area (Å²) in [6.45, 7) is 0. The fourth-order valence-corrected chi connectivity index (χ4v) is 3.00. The van der Waals surface area contributed by atoms with E-state index in [2.05, 4.69) is 15.0 Å². The molecule has 94 valence electrons. The van der Waals surface area contributed by atoms with Crippen LogP contribution in [0.15, 0.2) is 29.0 Å². The van der Waals surface area contributed by atoms with Gasteiger partial charge < -0.3 is 14.9 Å². The fourth-order valence-electron chi connectivity index (χ4n) is 3.00. The van der Waals surface area contributed by atoms with Crippen LogP contribution in [0.25, 0.3) is 0 Å². The lowest BCUT2D eigenvalue weighted by Gasteiger charge is -2.23. The molecular formula is C12H12N2O4. The summed E-state index contributed by atoms with van der Waals surface area (Å²) in [6.07, 6.45) is 5.94. The standard InChI is InChI=1S/C12H12N2O4/c15-11(13-8-3-4-18-14-8)9-6-1-2-7(5-6)10(9)12(16)17/h1-4,6-7,9-10H,5H2,(H,16,17)(H,13,14,15). The van der Waals surface area contributed by atoms with Gasteiger partial charge in [-0.3, -0.25) is 9.59 Å². The first-order valence-corrected chi connectivity index (χ1v) is 5.79. The highest BCUT2D eigenvalue weighted by Crippen LogP contribution is 2.48. The maximum atomic E-state index is 12.1. The number of hydrogen-bond acceptors (Lipinski definition) is 4. The molecule has 1 amide bonds. The van der Waals surface area contributed by atoms with Crippen molar-refractivity contribution in [2.24, 2.45) is 23.7 Å². The van der Waals surface area contributed by atoms with Crippen LogP contribution in [0, 0.1) is 23.7 Å². The number of nitrogens with one attached hydrogen (secondary N) is 1. The second-order valence-corrected chi connectivity index (χ2v) is 4.71. The van der Waals surface area contributed by atoms with Crippen molar-refractivity contribution < 1.29 is 19.2 Å². The number of anilines is 1. The van der Waals surface area contributed by atoms with Gasteiger partial charge in [-0.05, 0) is 18.3 Å². The summed E-state index contributed by atoms with van der Waals surface area (Å²) in [4.78, 5) is 23.4. The van der Waals surface area contributed by atoms with Gasteiger partial charge >= 0.3 is 5.97 Å². The number of carboxylic acid groups (broad SMARTS) is 1. The number of carbonyl (C=O) groups is 2. The lowest BCUT2D eigenvalue weighted by atomic mass is 9.82. The third-order valence-corrected chi connectivity index (χ3v) is 3.74. The van der Waals surface area contributed by atoms with E-state index in [0.29, 0.717) is 5.82 Å². The average Bonchev–Trinajstić information content (AvgIpc) is 3.03. The Morgan fingerprint density at radius 2 is 2.06 bits per heavy atom. The Labute approximate surface area is 103 Å². The summed E-state index contributed by atoms with van der Waals surface area (Å²) in [5.41, 5.74) is 0. The zero-order chi connectivity index (χ0) is 12.7. The lowest BCUT2D eigenvalue weighted by Crippen LogP contribution is -2.36. The normalized spacial score (nSPS) is 32.7. The van der Waals surface area contributed by atoms with Crippen molar-refractivity contribution in [3.63, 3.8) is 0 Å². The molecule has 6 heteroatoms. The summed E-state index contributed by atoms with van der Waals surface area (Å²) in [6, 6.07) is 1.52. The van der Waals surface area contributed by atoms with Crippen LogP contribution in [0.4, 0.5) is 5.82 Å². The summed E-state index contributed by atoms with van der Waals surface area (Å²) < 4.78 is 4.62. The molecule has 0 radical (unpaired) electrons. The highest BCUT2D eigenvalue weighted by atomic mass is 16.5. The first kappa shape index (κ1) is 11.0. The Morgan fingerprint density at radius 1 is 1.33 bits per heavy atom. The van der Waals surface area contributed by atoms with Crippen molar-refractivity contribution in [2.45, 2.75) is 6.42 Å². The predicted molar refractivity (Wildman–Crippen MR) is 60.5 cm³/mol. The van der Waals surface area contributed by atoms with Crippen LogP contribution in [0.2, 0.25) is 0 Å². The van der Waals surface area contributed by atoms with Crippen LogP contribution in [0.3, 0.4) is 0 Å². The molecule has 2 bridgehead atoms. The Kier molecular flexibility index (Phi) is 2.43. The van der Waals surface area contributed by atoms with Gasteiger partial charge in [0, 0.05) is 6.07 Å². The number of carboxylic acids is 1. The lowest BCUT2D eigenvalue weighted by molar-refractivity contribution is -0.146. The molecule has 1 aromatic rings. The molecule has 4 unspecified atom stereocenters. The summed E-state index contributed by atoms with van der Waals surface area (Å²) >= 11 is 0. The van der Waals surface area contributed by atoms with E-state index in [1.54, 1.807) is 0 Å².